The SMILES string of the molecule is CCOCC1CN(C(=O)Cc2ccsc2)Cc2nccn2C1. The van der Waals surface area contributed by atoms with Crippen LogP contribution in [0.25, 0.3) is 0 Å². The fourth-order valence-electron chi connectivity index (χ4n) is 2.80. The fraction of sp³-hybridized carbons (Fsp3) is 0.500. The maximum atomic E-state index is 12.6. The molecule has 2 aromatic heterocycles. The Balaban J connectivity index is 1.73. The van der Waals surface area contributed by atoms with Crippen molar-refractivity contribution in [1.82, 2.24) is 14.5 Å². The smallest absolute Gasteiger partial charge is 0.227 e. The van der Waals surface area contributed by atoms with Crippen molar-refractivity contribution in [3.8, 4) is 0 Å². The van der Waals surface area contributed by atoms with Crippen LogP contribution in [0.2, 0.25) is 0 Å². The number of carbonyl (C=O) groups is 1. The number of imidazole rings is 1. The molecule has 2 aromatic rings. The van der Waals surface area contributed by atoms with E-state index in [0.29, 0.717) is 32.1 Å². The number of rotatable bonds is 5. The summed E-state index contributed by atoms with van der Waals surface area (Å²) in [5.74, 6) is 1.43. The molecule has 0 radical (unpaired) electrons. The van der Waals surface area contributed by atoms with Gasteiger partial charge in [0.15, 0.2) is 0 Å². The Hall–Kier alpha value is -1.66. The average molecular weight is 319 g/mol. The lowest BCUT2D eigenvalue weighted by Gasteiger charge is -2.24. The van der Waals surface area contributed by atoms with Crippen molar-refractivity contribution in [3.63, 3.8) is 0 Å². The number of nitrogens with zero attached hydrogens (tertiary/aromatic N) is 3. The largest absolute Gasteiger partial charge is 0.381 e. The Labute approximate surface area is 134 Å². The van der Waals surface area contributed by atoms with Gasteiger partial charge in [0.25, 0.3) is 0 Å². The predicted octanol–water partition coefficient (Wildman–Crippen LogP) is 2.18. The van der Waals surface area contributed by atoms with Crippen molar-refractivity contribution in [2.24, 2.45) is 5.92 Å². The first-order valence-electron chi connectivity index (χ1n) is 7.63. The van der Waals surface area contributed by atoms with Crippen LogP contribution in [0.1, 0.15) is 18.3 Å². The third kappa shape index (κ3) is 3.56. The van der Waals surface area contributed by atoms with Crippen LogP contribution in [0.4, 0.5) is 0 Å². The second-order valence-corrected chi connectivity index (χ2v) is 6.38. The van der Waals surface area contributed by atoms with Crippen LogP contribution >= 0.6 is 11.3 Å². The number of fused-ring (bicyclic) bond motifs is 1. The first kappa shape index (κ1) is 15.2. The van der Waals surface area contributed by atoms with E-state index in [9.17, 15) is 4.79 Å². The molecule has 1 amide bonds. The highest BCUT2D eigenvalue weighted by Gasteiger charge is 2.25. The summed E-state index contributed by atoms with van der Waals surface area (Å²) in [6.45, 7) is 5.55. The van der Waals surface area contributed by atoms with Crippen molar-refractivity contribution in [1.29, 1.82) is 0 Å². The Morgan fingerprint density at radius 2 is 2.41 bits per heavy atom. The summed E-state index contributed by atoms with van der Waals surface area (Å²) in [7, 11) is 0. The van der Waals surface area contributed by atoms with Gasteiger partial charge in [-0.3, -0.25) is 4.79 Å². The second-order valence-electron chi connectivity index (χ2n) is 5.60. The molecule has 118 valence electrons. The van der Waals surface area contributed by atoms with Crippen LogP contribution in [0.5, 0.6) is 0 Å². The lowest BCUT2D eigenvalue weighted by atomic mass is 10.1. The molecule has 0 saturated carbocycles. The van der Waals surface area contributed by atoms with E-state index < -0.39 is 0 Å². The third-order valence-electron chi connectivity index (χ3n) is 3.91. The lowest BCUT2D eigenvalue weighted by Crippen LogP contribution is -2.36. The molecule has 0 aliphatic carbocycles. The minimum atomic E-state index is 0.163. The maximum Gasteiger partial charge on any atom is 0.227 e. The number of amides is 1. The van der Waals surface area contributed by atoms with Gasteiger partial charge in [-0.2, -0.15) is 11.3 Å². The number of ether oxygens (including phenoxy) is 1. The van der Waals surface area contributed by atoms with Gasteiger partial charge < -0.3 is 14.2 Å². The molecule has 0 saturated heterocycles. The second kappa shape index (κ2) is 7.07. The van der Waals surface area contributed by atoms with Crippen LogP contribution in [0.3, 0.4) is 0 Å². The number of thiophene rings is 1. The van der Waals surface area contributed by atoms with Crippen LogP contribution in [-0.2, 0) is 29.0 Å². The topological polar surface area (TPSA) is 47.4 Å². The van der Waals surface area contributed by atoms with E-state index in [1.54, 1.807) is 17.5 Å². The van der Waals surface area contributed by atoms with E-state index in [1.807, 2.05) is 34.8 Å². The van der Waals surface area contributed by atoms with Crippen molar-refractivity contribution in [3.05, 3.63) is 40.6 Å². The Kier molecular flexibility index (Phi) is 4.90. The zero-order chi connectivity index (χ0) is 15.4. The highest BCUT2D eigenvalue weighted by molar-refractivity contribution is 7.07. The zero-order valence-corrected chi connectivity index (χ0v) is 13.6. The van der Waals surface area contributed by atoms with E-state index in [1.165, 1.54) is 0 Å². The molecule has 0 N–H and O–H groups in total. The molecule has 0 aromatic carbocycles. The van der Waals surface area contributed by atoms with Crippen LogP contribution in [0, 0.1) is 5.92 Å². The van der Waals surface area contributed by atoms with E-state index >= 15 is 0 Å². The van der Waals surface area contributed by atoms with E-state index in [4.69, 9.17) is 4.74 Å². The van der Waals surface area contributed by atoms with Crippen molar-refractivity contribution in [2.75, 3.05) is 19.8 Å². The van der Waals surface area contributed by atoms with Gasteiger partial charge in [-0.05, 0) is 29.3 Å². The highest BCUT2D eigenvalue weighted by Crippen LogP contribution is 2.18. The molecule has 22 heavy (non-hydrogen) atoms. The monoisotopic (exact) mass is 319 g/mol. The molecule has 1 aliphatic heterocycles. The lowest BCUT2D eigenvalue weighted by molar-refractivity contribution is -0.131. The highest BCUT2D eigenvalue weighted by atomic mass is 32.1. The quantitative estimate of drug-likeness (QED) is 0.849. The molecular weight excluding hydrogens is 298 g/mol. The summed E-state index contributed by atoms with van der Waals surface area (Å²) < 4.78 is 7.72. The summed E-state index contributed by atoms with van der Waals surface area (Å²) in [4.78, 5) is 18.9. The Morgan fingerprint density at radius 3 is 3.18 bits per heavy atom. The Bertz CT molecular complexity index is 609. The van der Waals surface area contributed by atoms with E-state index in [2.05, 4.69) is 9.55 Å². The molecule has 5 nitrogen and oxygen atoms in total. The van der Waals surface area contributed by atoms with E-state index in [-0.39, 0.29) is 5.91 Å². The van der Waals surface area contributed by atoms with Gasteiger partial charge in [0.2, 0.25) is 5.91 Å². The standard InChI is InChI=1S/C16H21N3O2S/c1-2-21-11-14-8-18-5-4-17-15(18)10-19(9-14)16(20)7-13-3-6-22-12-13/h3-6,12,14H,2,7-11H2,1H3. The molecule has 3 heterocycles. The fourth-order valence-corrected chi connectivity index (χ4v) is 3.47. The van der Waals surface area contributed by atoms with Crippen molar-refractivity contribution in [2.45, 2.75) is 26.4 Å². The van der Waals surface area contributed by atoms with Crippen molar-refractivity contribution < 1.29 is 9.53 Å². The maximum absolute atomic E-state index is 12.6. The molecule has 6 heteroatoms. The van der Waals surface area contributed by atoms with Gasteiger partial charge in [-0.15, -0.1) is 0 Å². The zero-order valence-electron chi connectivity index (χ0n) is 12.8. The van der Waals surface area contributed by atoms with Crippen LogP contribution in [0.15, 0.2) is 29.2 Å². The van der Waals surface area contributed by atoms with Gasteiger partial charge in [0.05, 0.1) is 19.6 Å². The number of carbonyl (C=O) groups excluding carboxylic acids is 1. The minimum absolute atomic E-state index is 0.163. The molecule has 0 spiro atoms. The van der Waals surface area contributed by atoms with E-state index in [0.717, 1.165) is 24.5 Å². The molecule has 0 fully saturated rings. The van der Waals surface area contributed by atoms with Crippen molar-refractivity contribution >= 4 is 17.2 Å². The first-order valence-corrected chi connectivity index (χ1v) is 8.57. The van der Waals surface area contributed by atoms with Crippen LogP contribution in [-0.4, -0.2) is 40.1 Å². The van der Waals surface area contributed by atoms with Gasteiger partial charge in [-0.25, -0.2) is 4.98 Å². The van der Waals surface area contributed by atoms with Gasteiger partial charge in [-0.1, -0.05) is 0 Å². The molecule has 1 atom stereocenters. The molecule has 0 bridgehead atoms. The summed E-state index contributed by atoms with van der Waals surface area (Å²) in [6, 6.07) is 2.01. The third-order valence-corrected chi connectivity index (χ3v) is 4.65. The summed E-state index contributed by atoms with van der Waals surface area (Å²) in [5, 5.41) is 4.05. The minimum Gasteiger partial charge on any atom is -0.381 e. The van der Waals surface area contributed by atoms with Gasteiger partial charge in [0.1, 0.15) is 5.82 Å². The number of aromatic nitrogens is 2. The van der Waals surface area contributed by atoms with Gasteiger partial charge >= 0.3 is 0 Å². The molecule has 1 unspecified atom stereocenters. The predicted molar refractivity (Wildman–Crippen MR) is 85.7 cm³/mol. The summed E-state index contributed by atoms with van der Waals surface area (Å²) >= 11 is 1.63. The average Bonchev–Trinajstić information content (AvgIpc) is 3.13. The number of hydrogen-bond acceptors (Lipinski definition) is 4. The number of hydrogen-bond donors (Lipinski definition) is 0. The Morgan fingerprint density at radius 1 is 1.50 bits per heavy atom. The van der Waals surface area contributed by atoms with Crippen LogP contribution < -0.4 is 0 Å². The normalized spacial score (nSPS) is 18.0. The van der Waals surface area contributed by atoms with Gasteiger partial charge in [0, 0.05) is 38.0 Å². The molecule has 3 rings (SSSR count). The molecule has 1 aliphatic rings. The molecular formula is C16H21N3O2S. The first-order chi connectivity index (χ1) is 10.8. The summed E-state index contributed by atoms with van der Waals surface area (Å²) in [6.07, 6.45) is 4.26. The summed E-state index contributed by atoms with van der Waals surface area (Å²) in [5.41, 5.74) is 1.09.